The molecule has 1 aliphatic rings. The maximum Gasteiger partial charge on any atom is 0.261 e. The van der Waals surface area contributed by atoms with E-state index < -0.39 is 5.82 Å². The van der Waals surface area contributed by atoms with E-state index in [-0.39, 0.29) is 18.3 Å². The molecule has 0 saturated heterocycles. The Morgan fingerprint density at radius 3 is 2.90 bits per heavy atom. The predicted molar refractivity (Wildman–Crippen MR) is 70.4 cm³/mol. The molecule has 0 unspecified atom stereocenters. The molecule has 0 spiro atoms. The summed E-state index contributed by atoms with van der Waals surface area (Å²) in [7, 11) is 0. The van der Waals surface area contributed by atoms with Gasteiger partial charge in [0.05, 0.1) is 12.2 Å². The normalized spacial score (nSPS) is 13.2. The summed E-state index contributed by atoms with van der Waals surface area (Å²) < 4.78 is 18.6. The summed E-state index contributed by atoms with van der Waals surface area (Å²) in [5.41, 5.74) is 1.96. The average Bonchev–Trinajstić information content (AvgIpc) is 2.90. The third-order valence-corrected chi connectivity index (χ3v) is 3.23. The van der Waals surface area contributed by atoms with Crippen LogP contribution in [0, 0.1) is 5.82 Å². The molecule has 0 saturated carbocycles. The van der Waals surface area contributed by atoms with Gasteiger partial charge in [-0.1, -0.05) is 18.2 Å². The Morgan fingerprint density at radius 2 is 2.10 bits per heavy atom. The Morgan fingerprint density at radius 1 is 1.25 bits per heavy atom. The van der Waals surface area contributed by atoms with Crippen LogP contribution in [0.5, 0.6) is 5.75 Å². The van der Waals surface area contributed by atoms with Crippen LogP contribution in [0.4, 0.5) is 4.39 Å². The molecule has 0 radical (unpaired) electrons. The van der Waals surface area contributed by atoms with Crippen molar-refractivity contribution in [3.05, 3.63) is 59.7 Å². The van der Waals surface area contributed by atoms with E-state index in [0.29, 0.717) is 13.1 Å². The lowest BCUT2D eigenvalue weighted by Gasteiger charge is -2.15. The number of benzene rings is 1. The van der Waals surface area contributed by atoms with Gasteiger partial charge in [0.25, 0.3) is 5.91 Å². The van der Waals surface area contributed by atoms with E-state index in [1.165, 1.54) is 12.1 Å². The van der Waals surface area contributed by atoms with E-state index in [1.807, 2.05) is 12.1 Å². The Balaban J connectivity index is 1.61. The zero-order valence-electron chi connectivity index (χ0n) is 10.8. The lowest BCUT2D eigenvalue weighted by Crippen LogP contribution is -2.30. The van der Waals surface area contributed by atoms with E-state index in [4.69, 9.17) is 4.74 Å². The van der Waals surface area contributed by atoms with Crippen LogP contribution in [0.25, 0.3) is 0 Å². The topological polar surface area (TPSA) is 42.4 Å². The second-order valence-electron chi connectivity index (χ2n) is 4.58. The molecule has 0 fully saturated rings. The van der Waals surface area contributed by atoms with Gasteiger partial charge in [0.2, 0.25) is 0 Å². The highest BCUT2D eigenvalue weighted by Crippen LogP contribution is 2.21. The molecule has 0 N–H and O–H groups in total. The summed E-state index contributed by atoms with van der Waals surface area (Å²) in [4.78, 5) is 17.9. The number of carbonyl (C=O) groups is 1. The molecular formula is C15H13FN2O2. The van der Waals surface area contributed by atoms with Crippen LogP contribution in [0.1, 0.15) is 11.3 Å². The summed E-state index contributed by atoms with van der Waals surface area (Å²) in [5.74, 6) is -0.548. The van der Waals surface area contributed by atoms with Crippen molar-refractivity contribution in [1.29, 1.82) is 0 Å². The molecule has 3 rings (SSSR count). The summed E-state index contributed by atoms with van der Waals surface area (Å²) in [6.07, 6.45) is 1.71. The second kappa shape index (κ2) is 5.28. The lowest BCUT2D eigenvalue weighted by atomic mass is 10.2. The molecular weight excluding hydrogens is 259 g/mol. The van der Waals surface area contributed by atoms with Crippen LogP contribution >= 0.6 is 0 Å². The number of aromatic nitrogens is 1. The number of fused-ring (bicyclic) bond motifs is 1. The molecule has 2 aromatic rings. The number of carbonyl (C=O) groups excluding carboxylic acids is 1. The fourth-order valence-corrected chi connectivity index (χ4v) is 2.17. The number of para-hydroxylation sites is 1. The van der Waals surface area contributed by atoms with Crippen molar-refractivity contribution in [3.63, 3.8) is 0 Å². The van der Waals surface area contributed by atoms with Crippen molar-refractivity contribution in [2.75, 3.05) is 6.61 Å². The first-order valence-corrected chi connectivity index (χ1v) is 6.32. The molecule has 1 aliphatic heterocycles. The number of halogens is 1. The Bertz CT molecular complexity index is 620. The molecule has 0 aliphatic carbocycles. The number of nitrogens with zero attached hydrogens (tertiary/aromatic N) is 2. The number of hydrogen-bond acceptors (Lipinski definition) is 3. The van der Waals surface area contributed by atoms with Gasteiger partial charge in [-0.3, -0.25) is 9.78 Å². The van der Waals surface area contributed by atoms with Gasteiger partial charge in [0.15, 0.2) is 18.2 Å². The van der Waals surface area contributed by atoms with Crippen LogP contribution in [-0.4, -0.2) is 22.4 Å². The van der Waals surface area contributed by atoms with E-state index in [2.05, 4.69) is 4.98 Å². The molecule has 0 bridgehead atoms. The van der Waals surface area contributed by atoms with Crippen LogP contribution in [-0.2, 0) is 17.9 Å². The Labute approximate surface area is 115 Å². The highest BCUT2D eigenvalue weighted by molar-refractivity contribution is 5.78. The van der Waals surface area contributed by atoms with Gasteiger partial charge in [-0.05, 0) is 23.8 Å². The largest absolute Gasteiger partial charge is 0.481 e. The van der Waals surface area contributed by atoms with Crippen LogP contribution < -0.4 is 4.74 Å². The standard InChI is InChI=1S/C15H13FN2O2/c16-12-5-1-2-6-14(12)20-10-15(19)18-8-11-4-3-7-17-13(11)9-18/h1-7H,8-10H2. The third kappa shape index (κ3) is 2.47. The van der Waals surface area contributed by atoms with Crippen LogP contribution in [0.3, 0.4) is 0 Å². The maximum atomic E-state index is 13.4. The van der Waals surface area contributed by atoms with Gasteiger partial charge in [-0.2, -0.15) is 0 Å². The zero-order chi connectivity index (χ0) is 13.9. The van der Waals surface area contributed by atoms with E-state index in [0.717, 1.165) is 11.3 Å². The molecule has 102 valence electrons. The SMILES string of the molecule is O=C(COc1ccccc1F)N1Cc2cccnc2C1. The van der Waals surface area contributed by atoms with Gasteiger partial charge in [0.1, 0.15) is 0 Å². The first-order valence-electron chi connectivity index (χ1n) is 6.32. The Kier molecular flexibility index (Phi) is 3.33. The fraction of sp³-hybridized carbons (Fsp3) is 0.200. The first-order chi connectivity index (χ1) is 9.74. The van der Waals surface area contributed by atoms with Gasteiger partial charge in [-0.15, -0.1) is 0 Å². The van der Waals surface area contributed by atoms with Crippen LogP contribution in [0.2, 0.25) is 0 Å². The zero-order valence-corrected chi connectivity index (χ0v) is 10.8. The van der Waals surface area contributed by atoms with Crippen molar-refractivity contribution < 1.29 is 13.9 Å². The van der Waals surface area contributed by atoms with Crippen LogP contribution in [0.15, 0.2) is 42.6 Å². The third-order valence-electron chi connectivity index (χ3n) is 3.23. The smallest absolute Gasteiger partial charge is 0.261 e. The van der Waals surface area contributed by atoms with Crippen molar-refractivity contribution in [2.45, 2.75) is 13.1 Å². The van der Waals surface area contributed by atoms with Gasteiger partial charge < -0.3 is 9.64 Å². The second-order valence-corrected chi connectivity index (χ2v) is 4.58. The monoisotopic (exact) mass is 272 g/mol. The number of hydrogen-bond donors (Lipinski definition) is 0. The first kappa shape index (κ1) is 12.6. The molecule has 1 amide bonds. The van der Waals surface area contributed by atoms with Crippen molar-refractivity contribution >= 4 is 5.91 Å². The molecule has 20 heavy (non-hydrogen) atoms. The molecule has 5 heteroatoms. The molecule has 4 nitrogen and oxygen atoms in total. The summed E-state index contributed by atoms with van der Waals surface area (Å²) in [5, 5.41) is 0. The number of ether oxygens (including phenoxy) is 1. The van der Waals surface area contributed by atoms with E-state index in [1.54, 1.807) is 23.2 Å². The Hall–Kier alpha value is -2.43. The molecule has 1 aromatic carbocycles. The quantitative estimate of drug-likeness (QED) is 0.859. The summed E-state index contributed by atoms with van der Waals surface area (Å²) in [6.45, 7) is 0.840. The van der Waals surface area contributed by atoms with E-state index in [9.17, 15) is 9.18 Å². The average molecular weight is 272 g/mol. The highest BCUT2D eigenvalue weighted by Gasteiger charge is 2.24. The highest BCUT2D eigenvalue weighted by atomic mass is 19.1. The van der Waals surface area contributed by atoms with Gasteiger partial charge in [0, 0.05) is 12.7 Å². The molecule has 2 heterocycles. The van der Waals surface area contributed by atoms with Crippen molar-refractivity contribution in [2.24, 2.45) is 0 Å². The van der Waals surface area contributed by atoms with Gasteiger partial charge >= 0.3 is 0 Å². The number of amides is 1. The molecule has 1 aromatic heterocycles. The maximum absolute atomic E-state index is 13.4. The minimum Gasteiger partial charge on any atom is -0.481 e. The molecule has 0 atom stereocenters. The summed E-state index contributed by atoms with van der Waals surface area (Å²) in [6, 6.07) is 9.85. The van der Waals surface area contributed by atoms with Crippen molar-refractivity contribution in [3.8, 4) is 5.75 Å². The minimum atomic E-state index is -0.466. The van der Waals surface area contributed by atoms with E-state index >= 15 is 0 Å². The fourth-order valence-electron chi connectivity index (χ4n) is 2.17. The summed E-state index contributed by atoms with van der Waals surface area (Å²) >= 11 is 0. The van der Waals surface area contributed by atoms with Gasteiger partial charge in [-0.25, -0.2) is 4.39 Å². The number of rotatable bonds is 3. The number of pyridine rings is 1. The minimum absolute atomic E-state index is 0.0932. The predicted octanol–water partition coefficient (Wildman–Crippen LogP) is 2.14. The lowest BCUT2D eigenvalue weighted by molar-refractivity contribution is -0.134. The van der Waals surface area contributed by atoms with Crippen molar-refractivity contribution in [1.82, 2.24) is 9.88 Å².